The molecule has 3 rings (SSSR count). The molecule has 0 amide bonds. The van der Waals surface area contributed by atoms with Gasteiger partial charge >= 0.3 is 0 Å². The Balaban J connectivity index is 1.81. The van der Waals surface area contributed by atoms with Gasteiger partial charge in [0.2, 0.25) is 0 Å². The van der Waals surface area contributed by atoms with Gasteiger partial charge in [0.1, 0.15) is 29.7 Å². The van der Waals surface area contributed by atoms with Crippen LogP contribution < -0.4 is 33.2 Å². The van der Waals surface area contributed by atoms with Crippen molar-refractivity contribution < 1.29 is 39.7 Å². The second-order valence-corrected chi connectivity index (χ2v) is 11.2. The molecule has 14 heteroatoms. The van der Waals surface area contributed by atoms with E-state index in [4.69, 9.17) is 31.4 Å². The summed E-state index contributed by atoms with van der Waals surface area (Å²) in [4.78, 5) is 0. The van der Waals surface area contributed by atoms with Gasteiger partial charge in [0.25, 0.3) is 0 Å². The second-order valence-electron chi connectivity index (χ2n) is 11.2. The van der Waals surface area contributed by atoms with Crippen LogP contribution in [0.3, 0.4) is 0 Å². The van der Waals surface area contributed by atoms with Gasteiger partial charge in [-0.15, -0.1) is 0 Å². The monoisotopic (exact) mass is 562 g/mol. The highest BCUT2D eigenvalue weighted by atomic mass is 16.7. The Morgan fingerprint density at radius 3 is 2.54 bits per heavy atom. The molecule has 0 aromatic rings. The van der Waals surface area contributed by atoms with E-state index in [0.717, 1.165) is 13.0 Å². The zero-order valence-corrected chi connectivity index (χ0v) is 23.0. The first-order chi connectivity index (χ1) is 18.6. The molecule has 0 spiro atoms. The fourth-order valence-corrected chi connectivity index (χ4v) is 5.89. The third-order valence-corrected chi connectivity index (χ3v) is 8.03. The minimum atomic E-state index is -1.34. The van der Waals surface area contributed by atoms with Crippen LogP contribution in [0.4, 0.5) is 0 Å². The topological polar surface area (TPSA) is 243 Å². The van der Waals surface area contributed by atoms with E-state index in [1.165, 1.54) is 0 Å². The van der Waals surface area contributed by atoms with Crippen LogP contribution in [0.2, 0.25) is 0 Å². The molecule has 39 heavy (non-hydrogen) atoms. The van der Waals surface area contributed by atoms with Gasteiger partial charge in [-0.05, 0) is 52.4 Å². The molecule has 11 unspecified atom stereocenters. The van der Waals surface area contributed by atoms with Crippen LogP contribution >= 0.6 is 0 Å². The van der Waals surface area contributed by atoms with E-state index in [2.05, 4.69) is 16.0 Å². The lowest BCUT2D eigenvalue weighted by atomic mass is 9.72. The molecule has 1 saturated heterocycles. The highest BCUT2D eigenvalue weighted by Gasteiger charge is 2.53. The third kappa shape index (κ3) is 7.86. The Kier molecular flexibility index (Phi) is 12.3. The standard InChI is InChI=1S/C25H50N6O8/c1-25(36)12-37-24(20(35)23(25)29-2)39-22-17(31-13(10-32)11-33)8-16(28)18(19(22)34)21-15(27)5-4-14(38-21)9-30-7-3-6-26/h4,13,15-24,29-36H,3,5-12,26-28H2,1-2H3. The van der Waals surface area contributed by atoms with Crippen molar-refractivity contribution in [2.75, 3.05) is 46.5 Å². The van der Waals surface area contributed by atoms with Gasteiger partial charge in [-0.2, -0.15) is 0 Å². The average Bonchev–Trinajstić information content (AvgIpc) is 2.90. The van der Waals surface area contributed by atoms with Crippen molar-refractivity contribution >= 4 is 0 Å². The van der Waals surface area contributed by atoms with Crippen LogP contribution in [-0.4, -0.2) is 139 Å². The lowest BCUT2D eigenvalue weighted by Gasteiger charge is -2.51. The van der Waals surface area contributed by atoms with Crippen LogP contribution in [0, 0.1) is 5.92 Å². The Hall–Kier alpha value is -0.980. The first kappa shape index (κ1) is 32.5. The summed E-state index contributed by atoms with van der Waals surface area (Å²) in [6.45, 7) is 2.57. The number of aliphatic hydroxyl groups is 5. The molecular formula is C25H50N6O8. The summed E-state index contributed by atoms with van der Waals surface area (Å²) in [6, 6.07) is -3.01. The minimum Gasteiger partial charge on any atom is -0.492 e. The average molecular weight is 563 g/mol. The van der Waals surface area contributed by atoms with E-state index >= 15 is 0 Å². The maximum absolute atomic E-state index is 11.7. The molecule has 3 aliphatic rings. The smallest absolute Gasteiger partial charge is 0.185 e. The summed E-state index contributed by atoms with van der Waals surface area (Å²) in [5.41, 5.74) is 17.3. The molecule has 228 valence electrons. The van der Waals surface area contributed by atoms with E-state index < -0.39 is 72.4 Å². The molecule has 0 aromatic heterocycles. The van der Waals surface area contributed by atoms with E-state index in [-0.39, 0.29) is 19.8 Å². The fraction of sp³-hybridized carbons (Fsp3) is 0.920. The summed E-state index contributed by atoms with van der Waals surface area (Å²) in [5, 5.41) is 62.0. The highest BCUT2D eigenvalue weighted by Crippen LogP contribution is 2.36. The van der Waals surface area contributed by atoms with Crippen molar-refractivity contribution in [2.24, 2.45) is 23.1 Å². The second kappa shape index (κ2) is 14.8. The number of rotatable bonds is 13. The fourth-order valence-electron chi connectivity index (χ4n) is 5.89. The maximum atomic E-state index is 11.7. The Labute approximate surface area is 230 Å². The molecule has 11 atom stereocenters. The van der Waals surface area contributed by atoms with Crippen LogP contribution in [0.25, 0.3) is 0 Å². The molecular weight excluding hydrogens is 512 g/mol. The predicted octanol–water partition coefficient (Wildman–Crippen LogP) is -4.61. The molecule has 0 radical (unpaired) electrons. The van der Waals surface area contributed by atoms with Gasteiger partial charge in [0.15, 0.2) is 6.29 Å². The third-order valence-electron chi connectivity index (χ3n) is 8.03. The lowest BCUT2D eigenvalue weighted by Crippen LogP contribution is -2.69. The van der Waals surface area contributed by atoms with Crippen molar-refractivity contribution in [1.82, 2.24) is 16.0 Å². The molecule has 1 aliphatic carbocycles. The minimum absolute atomic E-state index is 0.109. The number of hydrogen-bond donors (Lipinski definition) is 11. The number of nitrogens with two attached hydrogens (primary N) is 3. The number of ether oxygens (including phenoxy) is 3. The van der Waals surface area contributed by atoms with Gasteiger partial charge in [-0.25, -0.2) is 0 Å². The maximum Gasteiger partial charge on any atom is 0.185 e. The van der Waals surface area contributed by atoms with E-state index in [1.54, 1.807) is 14.0 Å². The van der Waals surface area contributed by atoms with Gasteiger partial charge < -0.3 is 72.9 Å². The molecule has 2 heterocycles. The van der Waals surface area contributed by atoms with Crippen LogP contribution in [0.1, 0.15) is 26.2 Å². The molecule has 0 bridgehead atoms. The SMILES string of the molecule is CNC1C(O)C(OC2C(NC(CO)CO)CC(N)C(C3OC(CNCCCN)=CCC3N)C2O)OCC1(C)O. The number of aliphatic hydroxyl groups excluding tert-OH is 4. The molecule has 2 aliphatic heterocycles. The number of nitrogens with one attached hydrogen (secondary N) is 3. The summed E-state index contributed by atoms with van der Waals surface area (Å²) >= 11 is 0. The van der Waals surface area contributed by atoms with Gasteiger partial charge in [-0.1, -0.05) is 0 Å². The predicted molar refractivity (Wildman–Crippen MR) is 143 cm³/mol. The Morgan fingerprint density at radius 2 is 1.90 bits per heavy atom. The zero-order valence-electron chi connectivity index (χ0n) is 23.0. The van der Waals surface area contributed by atoms with Gasteiger partial charge in [0.05, 0.1) is 44.6 Å². The lowest BCUT2D eigenvalue weighted by molar-refractivity contribution is -0.298. The summed E-state index contributed by atoms with van der Waals surface area (Å²) in [6.07, 6.45) is -1.59. The van der Waals surface area contributed by atoms with Crippen molar-refractivity contribution in [3.05, 3.63) is 11.8 Å². The molecule has 14 nitrogen and oxygen atoms in total. The van der Waals surface area contributed by atoms with Crippen molar-refractivity contribution in [3.8, 4) is 0 Å². The van der Waals surface area contributed by atoms with Crippen LogP contribution in [0.15, 0.2) is 11.8 Å². The first-order valence-electron chi connectivity index (χ1n) is 13.9. The molecule has 1 saturated carbocycles. The van der Waals surface area contributed by atoms with Crippen molar-refractivity contribution in [1.29, 1.82) is 0 Å². The normalized spacial score (nSPS) is 41.4. The number of hydrogen-bond acceptors (Lipinski definition) is 14. The van der Waals surface area contributed by atoms with Crippen LogP contribution in [0.5, 0.6) is 0 Å². The van der Waals surface area contributed by atoms with E-state index in [9.17, 15) is 25.5 Å². The summed E-state index contributed by atoms with van der Waals surface area (Å²) in [7, 11) is 1.62. The Morgan fingerprint density at radius 1 is 1.18 bits per heavy atom. The quantitative estimate of drug-likeness (QED) is 0.0946. The van der Waals surface area contributed by atoms with Crippen LogP contribution in [-0.2, 0) is 14.2 Å². The highest BCUT2D eigenvalue weighted by molar-refractivity contribution is 5.10. The van der Waals surface area contributed by atoms with E-state index in [0.29, 0.717) is 31.7 Å². The summed E-state index contributed by atoms with van der Waals surface area (Å²) in [5.74, 6) is 0.0861. The van der Waals surface area contributed by atoms with Gasteiger partial charge in [0, 0.05) is 24.0 Å². The van der Waals surface area contributed by atoms with E-state index in [1.807, 2.05) is 6.08 Å². The zero-order chi connectivity index (χ0) is 28.7. The van der Waals surface area contributed by atoms with Crippen molar-refractivity contribution in [3.63, 3.8) is 0 Å². The first-order valence-corrected chi connectivity index (χ1v) is 13.9. The number of likely N-dealkylation sites (N-methyl/N-ethyl adjacent to an activating group) is 1. The molecule has 2 fully saturated rings. The van der Waals surface area contributed by atoms with Crippen molar-refractivity contribution in [2.45, 2.75) is 92.7 Å². The molecule has 0 aromatic carbocycles. The van der Waals surface area contributed by atoms with Gasteiger partial charge in [-0.3, -0.25) is 0 Å². The summed E-state index contributed by atoms with van der Waals surface area (Å²) < 4.78 is 18.2. The Bertz CT molecular complexity index is 775. The molecule has 14 N–H and O–H groups in total. The largest absolute Gasteiger partial charge is 0.492 e.